The van der Waals surface area contributed by atoms with Gasteiger partial charge in [-0.25, -0.2) is 0 Å². The average Bonchev–Trinajstić information content (AvgIpc) is 2.80. The van der Waals surface area contributed by atoms with Gasteiger partial charge in [-0.15, -0.1) is 0 Å². The van der Waals surface area contributed by atoms with E-state index in [1.54, 1.807) is 0 Å². The Bertz CT molecular complexity index is 542. The minimum absolute atomic E-state index is 0.00119. The van der Waals surface area contributed by atoms with Gasteiger partial charge in [0.2, 0.25) is 17.4 Å². The minimum Gasteiger partial charge on any atom is -0.463 e. The lowest BCUT2D eigenvalue weighted by atomic mass is 9.95. The fraction of sp³-hybridized carbons (Fsp3) is 0.538. The first kappa shape index (κ1) is 18.0. The molecule has 2 amide bonds. The van der Waals surface area contributed by atoms with E-state index < -0.39 is 35.8 Å². The molecular formula is C13H17F3N2O4. The summed E-state index contributed by atoms with van der Waals surface area (Å²) in [5.41, 5.74) is 1.49. The number of aryl methyl sites for hydroxylation is 1. The van der Waals surface area contributed by atoms with E-state index in [1.807, 2.05) is 0 Å². The van der Waals surface area contributed by atoms with E-state index in [1.165, 1.54) is 13.0 Å². The molecule has 0 spiro atoms. The molecule has 1 rings (SSSR count). The highest BCUT2D eigenvalue weighted by Crippen LogP contribution is 2.42. The smallest absolute Gasteiger partial charge is 0.425 e. The van der Waals surface area contributed by atoms with Crippen LogP contribution < -0.4 is 11.1 Å². The number of rotatable bonds is 7. The zero-order valence-electron chi connectivity index (χ0n) is 11.9. The number of hydrogen-bond donors (Lipinski definition) is 3. The third-order valence-electron chi connectivity index (χ3n) is 2.96. The Labute approximate surface area is 124 Å². The molecule has 0 aliphatic rings. The van der Waals surface area contributed by atoms with Crippen molar-refractivity contribution in [2.45, 2.75) is 38.0 Å². The Kier molecular flexibility index (Phi) is 5.59. The predicted octanol–water partition coefficient (Wildman–Crippen LogP) is 1.11. The van der Waals surface area contributed by atoms with Crippen molar-refractivity contribution in [3.8, 4) is 0 Å². The van der Waals surface area contributed by atoms with Crippen molar-refractivity contribution >= 4 is 11.8 Å². The molecule has 0 radical (unpaired) electrons. The number of primary amides is 1. The molecule has 0 saturated carbocycles. The molecule has 0 aromatic carbocycles. The fourth-order valence-corrected chi connectivity index (χ4v) is 1.77. The summed E-state index contributed by atoms with van der Waals surface area (Å²) in [7, 11) is 0. The van der Waals surface area contributed by atoms with E-state index >= 15 is 0 Å². The van der Waals surface area contributed by atoms with Crippen LogP contribution in [-0.4, -0.2) is 29.6 Å². The van der Waals surface area contributed by atoms with Crippen LogP contribution in [0.5, 0.6) is 0 Å². The van der Waals surface area contributed by atoms with E-state index in [-0.39, 0.29) is 25.1 Å². The maximum atomic E-state index is 13.1. The number of nitrogens with one attached hydrogen (secondary N) is 1. The molecule has 6 nitrogen and oxygen atoms in total. The molecule has 124 valence electrons. The Morgan fingerprint density at radius 3 is 2.45 bits per heavy atom. The van der Waals surface area contributed by atoms with Gasteiger partial charge in [0.1, 0.15) is 11.5 Å². The van der Waals surface area contributed by atoms with Gasteiger partial charge in [-0.2, -0.15) is 13.2 Å². The van der Waals surface area contributed by atoms with Gasteiger partial charge in [0, 0.05) is 13.0 Å². The van der Waals surface area contributed by atoms with Gasteiger partial charge in [-0.3, -0.25) is 9.59 Å². The molecule has 1 unspecified atom stereocenters. The predicted molar refractivity (Wildman–Crippen MR) is 69.5 cm³/mol. The van der Waals surface area contributed by atoms with Crippen molar-refractivity contribution in [3.05, 3.63) is 23.7 Å². The largest absolute Gasteiger partial charge is 0.463 e. The summed E-state index contributed by atoms with van der Waals surface area (Å²) in [4.78, 5) is 22.1. The quantitative estimate of drug-likeness (QED) is 0.654. The van der Waals surface area contributed by atoms with Crippen molar-refractivity contribution in [2.75, 3.05) is 6.54 Å². The monoisotopic (exact) mass is 322 g/mol. The van der Waals surface area contributed by atoms with E-state index in [4.69, 9.17) is 10.2 Å². The second kappa shape index (κ2) is 6.82. The highest BCUT2D eigenvalue weighted by atomic mass is 19.4. The van der Waals surface area contributed by atoms with Crippen LogP contribution in [0.4, 0.5) is 13.2 Å². The number of amides is 2. The third kappa shape index (κ3) is 4.48. The normalized spacial score (nSPS) is 14.4. The highest BCUT2D eigenvalue weighted by Gasteiger charge is 2.58. The third-order valence-corrected chi connectivity index (χ3v) is 2.96. The van der Waals surface area contributed by atoms with Gasteiger partial charge in [-0.05, 0) is 25.5 Å². The molecule has 4 N–H and O–H groups in total. The molecule has 0 aliphatic heterocycles. The number of alkyl halides is 3. The van der Waals surface area contributed by atoms with Crippen LogP contribution in [-0.2, 0) is 15.2 Å². The van der Waals surface area contributed by atoms with Crippen molar-refractivity contribution < 1.29 is 32.3 Å². The van der Waals surface area contributed by atoms with Gasteiger partial charge in [0.15, 0.2) is 0 Å². The zero-order chi connectivity index (χ0) is 17.0. The molecular weight excluding hydrogens is 305 g/mol. The van der Waals surface area contributed by atoms with E-state index in [0.29, 0.717) is 0 Å². The van der Waals surface area contributed by atoms with E-state index in [0.717, 1.165) is 6.07 Å². The van der Waals surface area contributed by atoms with Crippen LogP contribution in [0.2, 0.25) is 0 Å². The zero-order valence-corrected chi connectivity index (χ0v) is 11.9. The van der Waals surface area contributed by atoms with Crippen LogP contribution in [0.25, 0.3) is 0 Å². The van der Waals surface area contributed by atoms with Crippen molar-refractivity contribution in [2.24, 2.45) is 5.73 Å². The number of aliphatic hydroxyl groups is 1. The van der Waals surface area contributed by atoms with Crippen LogP contribution in [0.15, 0.2) is 16.5 Å². The fourth-order valence-electron chi connectivity index (χ4n) is 1.77. The molecule has 0 bridgehead atoms. The molecule has 1 atom stereocenters. The van der Waals surface area contributed by atoms with E-state index in [2.05, 4.69) is 5.32 Å². The van der Waals surface area contributed by atoms with Crippen LogP contribution in [0, 0.1) is 6.92 Å². The summed E-state index contributed by atoms with van der Waals surface area (Å²) in [6, 6.07) is 2.24. The highest BCUT2D eigenvalue weighted by molar-refractivity contribution is 5.77. The number of hydrogen-bond acceptors (Lipinski definition) is 4. The lowest BCUT2D eigenvalue weighted by molar-refractivity contribution is -0.273. The number of carbonyl (C=O) groups excluding carboxylic acids is 2. The van der Waals surface area contributed by atoms with Gasteiger partial charge in [0.05, 0.1) is 6.42 Å². The van der Waals surface area contributed by atoms with Crippen molar-refractivity contribution in [1.82, 2.24) is 5.32 Å². The summed E-state index contributed by atoms with van der Waals surface area (Å²) < 4.78 is 44.1. The first-order valence-electron chi connectivity index (χ1n) is 6.47. The first-order valence-corrected chi connectivity index (χ1v) is 6.47. The van der Waals surface area contributed by atoms with Gasteiger partial charge in [-0.1, -0.05) is 0 Å². The molecule has 1 aromatic rings. The molecule has 0 fully saturated rings. The minimum atomic E-state index is -5.08. The number of carbonyl (C=O) groups is 2. The molecule has 1 heterocycles. The van der Waals surface area contributed by atoms with Gasteiger partial charge in [0.25, 0.3) is 0 Å². The molecule has 0 aliphatic carbocycles. The number of furan rings is 1. The SMILES string of the molecule is Cc1ccc(C(O)(CC(=O)NCCCC(N)=O)C(F)(F)F)o1. The van der Waals surface area contributed by atoms with Crippen molar-refractivity contribution in [3.63, 3.8) is 0 Å². The summed E-state index contributed by atoms with van der Waals surface area (Å²) in [6.07, 6.45) is -6.12. The maximum Gasteiger partial charge on any atom is 0.425 e. The molecule has 9 heteroatoms. The van der Waals surface area contributed by atoms with Crippen LogP contribution in [0.3, 0.4) is 0 Å². The summed E-state index contributed by atoms with van der Waals surface area (Å²) in [5, 5.41) is 12.1. The Morgan fingerprint density at radius 2 is 2.00 bits per heavy atom. The first-order chi connectivity index (χ1) is 10.1. The topological polar surface area (TPSA) is 106 Å². The van der Waals surface area contributed by atoms with Crippen molar-refractivity contribution in [1.29, 1.82) is 0 Å². The standard InChI is InChI=1S/C13H17F3N2O4/c1-8-4-5-9(22-8)12(21,13(14,15)16)7-11(20)18-6-2-3-10(17)19/h4-5,21H,2-3,6-7H2,1H3,(H2,17,19)(H,18,20). The molecule has 1 aromatic heterocycles. The van der Waals surface area contributed by atoms with Crippen LogP contribution >= 0.6 is 0 Å². The molecule has 22 heavy (non-hydrogen) atoms. The Hall–Kier alpha value is -2.03. The summed E-state index contributed by atoms with van der Waals surface area (Å²) >= 11 is 0. The Balaban J connectivity index is 2.74. The van der Waals surface area contributed by atoms with Gasteiger partial charge >= 0.3 is 6.18 Å². The summed E-state index contributed by atoms with van der Waals surface area (Å²) in [6.45, 7) is 1.40. The summed E-state index contributed by atoms with van der Waals surface area (Å²) in [5.74, 6) is -2.16. The lowest BCUT2D eigenvalue weighted by Gasteiger charge is -2.27. The van der Waals surface area contributed by atoms with Crippen LogP contribution in [0.1, 0.15) is 30.8 Å². The second-order valence-electron chi connectivity index (χ2n) is 4.86. The number of nitrogens with two attached hydrogens (primary N) is 1. The van der Waals surface area contributed by atoms with Gasteiger partial charge < -0.3 is 20.6 Å². The molecule has 0 saturated heterocycles. The lowest BCUT2D eigenvalue weighted by Crippen LogP contribution is -2.46. The average molecular weight is 322 g/mol. The Morgan fingerprint density at radius 1 is 1.36 bits per heavy atom. The number of halogens is 3. The van der Waals surface area contributed by atoms with E-state index in [9.17, 15) is 27.9 Å². The maximum absolute atomic E-state index is 13.1. The second-order valence-corrected chi connectivity index (χ2v) is 4.86.